The van der Waals surface area contributed by atoms with Crippen molar-refractivity contribution in [3.8, 4) is 0 Å². The molecule has 4 nitrogen and oxygen atoms in total. The Labute approximate surface area is 536 Å². The van der Waals surface area contributed by atoms with Crippen LogP contribution in [0.5, 0.6) is 0 Å². The maximum Gasteiger partial charge on any atom is 0.220 e. The Hall–Kier alpha value is -1.13. The Morgan fingerprint density at radius 2 is 0.482 bits per heavy atom. The molecule has 0 spiro atoms. The van der Waals surface area contributed by atoms with Gasteiger partial charge >= 0.3 is 0 Å². The van der Waals surface area contributed by atoms with Gasteiger partial charge in [-0.3, -0.25) is 4.79 Å². The van der Waals surface area contributed by atoms with Gasteiger partial charge in [-0.15, -0.1) is 0 Å². The second-order valence-electron chi connectivity index (χ2n) is 27.8. The van der Waals surface area contributed by atoms with E-state index >= 15 is 0 Å². The molecule has 0 heterocycles. The molecule has 0 aromatic heterocycles. The summed E-state index contributed by atoms with van der Waals surface area (Å²) < 4.78 is 0. The number of aliphatic hydroxyl groups is 2. The van der Waals surface area contributed by atoms with E-state index in [0.29, 0.717) is 12.8 Å². The minimum atomic E-state index is -0.659. The lowest BCUT2D eigenvalue weighted by Crippen LogP contribution is -2.45. The zero-order valence-electron chi connectivity index (χ0n) is 58.7. The monoisotopic (exact) mass is 1190 g/mol. The van der Waals surface area contributed by atoms with Crippen LogP contribution in [0.4, 0.5) is 0 Å². The van der Waals surface area contributed by atoms with Crippen LogP contribution in [0, 0.1) is 0 Å². The molecule has 3 N–H and O–H groups in total. The first-order valence-electron chi connectivity index (χ1n) is 40.0. The Morgan fingerprint density at radius 1 is 0.282 bits per heavy atom. The molecule has 0 saturated carbocycles. The Morgan fingerprint density at radius 3 is 0.706 bits per heavy atom. The lowest BCUT2D eigenvalue weighted by atomic mass is 10.0. The van der Waals surface area contributed by atoms with E-state index in [1.807, 2.05) is 0 Å². The molecule has 0 radical (unpaired) electrons. The van der Waals surface area contributed by atoms with E-state index in [2.05, 4.69) is 43.5 Å². The predicted molar refractivity (Wildman–Crippen MR) is 382 cm³/mol. The van der Waals surface area contributed by atoms with Gasteiger partial charge in [-0.1, -0.05) is 443 Å². The lowest BCUT2D eigenvalue weighted by molar-refractivity contribution is -0.123. The maximum absolute atomic E-state index is 12.6. The van der Waals surface area contributed by atoms with E-state index in [9.17, 15) is 15.0 Å². The molecule has 0 aliphatic heterocycles. The number of hydrogen-bond acceptors (Lipinski definition) is 3. The van der Waals surface area contributed by atoms with Crippen LogP contribution < -0.4 is 5.32 Å². The summed E-state index contributed by atoms with van der Waals surface area (Å²) >= 11 is 0. The van der Waals surface area contributed by atoms with Crippen LogP contribution in [0.2, 0.25) is 0 Å². The summed E-state index contributed by atoms with van der Waals surface area (Å²) in [7, 11) is 0. The van der Waals surface area contributed by atoms with Crippen molar-refractivity contribution in [1.82, 2.24) is 5.32 Å². The molecule has 0 aliphatic rings. The van der Waals surface area contributed by atoms with Gasteiger partial charge in [0.05, 0.1) is 18.8 Å². The average molecular weight is 1200 g/mol. The van der Waals surface area contributed by atoms with Crippen molar-refractivity contribution in [3.63, 3.8) is 0 Å². The van der Waals surface area contributed by atoms with E-state index < -0.39 is 12.1 Å². The summed E-state index contributed by atoms with van der Waals surface area (Å²) in [6, 6.07) is -0.535. The summed E-state index contributed by atoms with van der Waals surface area (Å²) in [5, 5.41) is 23.5. The Kier molecular flexibility index (Phi) is 76.1. The number of unbranched alkanes of at least 4 members (excludes halogenated alkanes) is 65. The standard InChI is InChI=1S/C81H159NO3/c1-3-5-7-9-11-13-15-17-19-21-23-25-27-29-31-33-35-37-38-39-40-41-42-43-44-45-47-49-51-53-55-57-59-61-63-65-67-69-71-73-75-77-81(85)82-79(78-83)80(84)76-74-72-70-68-66-64-62-60-58-56-54-52-50-48-46-36-34-32-30-28-26-24-22-20-18-16-14-12-10-8-6-4-2/h15,17,21,23,79-80,83-84H,3-14,16,18-20,22,24-78H2,1-2H3,(H,82,85)/b17-15-,23-21-. The van der Waals surface area contributed by atoms with Crippen molar-refractivity contribution in [3.05, 3.63) is 24.3 Å². The molecule has 0 aromatic rings. The number of aliphatic hydroxyl groups excluding tert-OH is 2. The molecular formula is C81H159NO3. The van der Waals surface area contributed by atoms with Crippen molar-refractivity contribution < 1.29 is 15.0 Å². The zero-order chi connectivity index (χ0) is 61.2. The smallest absolute Gasteiger partial charge is 0.220 e. The number of rotatable bonds is 76. The summed E-state index contributed by atoms with van der Waals surface area (Å²) in [6.07, 6.45) is 106. The third-order valence-electron chi connectivity index (χ3n) is 19.2. The van der Waals surface area contributed by atoms with Gasteiger partial charge in [-0.2, -0.15) is 0 Å². The average Bonchev–Trinajstić information content (AvgIpc) is 3.51. The number of amides is 1. The molecule has 4 heteroatoms. The molecule has 0 bridgehead atoms. The molecule has 506 valence electrons. The summed E-state index contributed by atoms with van der Waals surface area (Å²) in [4.78, 5) is 12.6. The molecule has 85 heavy (non-hydrogen) atoms. The van der Waals surface area contributed by atoms with Gasteiger partial charge in [0, 0.05) is 6.42 Å². The van der Waals surface area contributed by atoms with Gasteiger partial charge in [0.15, 0.2) is 0 Å². The Balaban J connectivity index is 3.34. The molecule has 0 aromatic carbocycles. The second kappa shape index (κ2) is 77.1. The molecule has 1 amide bonds. The first-order chi connectivity index (χ1) is 42.2. The van der Waals surface area contributed by atoms with Crippen molar-refractivity contribution in [2.24, 2.45) is 0 Å². The largest absolute Gasteiger partial charge is 0.394 e. The van der Waals surface area contributed by atoms with Crippen LogP contribution in [-0.2, 0) is 4.79 Å². The van der Waals surface area contributed by atoms with Gasteiger partial charge < -0.3 is 15.5 Å². The lowest BCUT2D eigenvalue weighted by Gasteiger charge is -2.22. The van der Waals surface area contributed by atoms with Crippen LogP contribution in [-0.4, -0.2) is 34.9 Å². The van der Waals surface area contributed by atoms with Gasteiger partial charge in [0.25, 0.3) is 0 Å². The third-order valence-corrected chi connectivity index (χ3v) is 19.2. The minimum absolute atomic E-state index is 0.0193. The summed E-state index contributed by atoms with van der Waals surface area (Å²) in [6.45, 7) is 4.41. The SMILES string of the molecule is CCCCCCC/C=C\C/C=C\CCCCCCCCCCCCCCCCCCCCCCCCCCCCCCCC(=O)NC(CO)C(O)CCCCCCCCCCCCCCCCCCCCCCCCCCCCCCCCCC. The van der Waals surface area contributed by atoms with E-state index in [4.69, 9.17) is 0 Å². The zero-order valence-corrected chi connectivity index (χ0v) is 58.7. The number of nitrogens with one attached hydrogen (secondary N) is 1. The van der Waals surface area contributed by atoms with Crippen LogP contribution in [0.15, 0.2) is 24.3 Å². The number of carbonyl (C=O) groups excluding carboxylic acids is 1. The fourth-order valence-corrected chi connectivity index (χ4v) is 13.2. The molecular weight excluding hydrogens is 1030 g/mol. The molecule has 0 aliphatic carbocycles. The fraction of sp³-hybridized carbons (Fsp3) is 0.938. The molecule has 0 saturated heterocycles. The number of hydrogen-bond donors (Lipinski definition) is 3. The molecule has 2 atom stereocenters. The topological polar surface area (TPSA) is 69.6 Å². The van der Waals surface area contributed by atoms with Crippen LogP contribution in [0.1, 0.15) is 470 Å². The van der Waals surface area contributed by atoms with Crippen molar-refractivity contribution >= 4 is 5.91 Å². The van der Waals surface area contributed by atoms with E-state index in [1.165, 1.54) is 411 Å². The maximum atomic E-state index is 12.6. The van der Waals surface area contributed by atoms with Crippen LogP contribution in [0.3, 0.4) is 0 Å². The first kappa shape index (κ1) is 83.9. The highest BCUT2D eigenvalue weighted by Gasteiger charge is 2.20. The van der Waals surface area contributed by atoms with E-state index in [-0.39, 0.29) is 12.5 Å². The highest BCUT2D eigenvalue weighted by Crippen LogP contribution is 2.21. The summed E-state index contributed by atoms with van der Waals surface area (Å²) in [5.41, 5.74) is 0. The van der Waals surface area contributed by atoms with Gasteiger partial charge in [0.1, 0.15) is 0 Å². The highest BCUT2D eigenvalue weighted by molar-refractivity contribution is 5.76. The van der Waals surface area contributed by atoms with E-state index in [1.54, 1.807) is 0 Å². The predicted octanol–water partition coefficient (Wildman–Crippen LogP) is 27.7. The first-order valence-corrected chi connectivity index (χ1v) is 40.0. The number of carbonyl (C=O) groups is 1. The Bertz CT molecular complexity index is 1260. The van der Waals surface area contributed by atoms with Crippen molar-refractivity contribution in [1.29, 1.82) is 0 Å². The van der Waals surface area contributed by atoms with Gasteiger partial charge in [-0.25, -0.2) is 0 Å². The van der Waals surface area contributed by atoms with Gasteiger partial charge in [0.2, 0.25) is 5.91 Å². The van der Waals surface area contributed by atoms with Crippen LogP contribution >= 0.6 is 0 Å². The van der Waals surface area contributed by atoms with E-state index in [0.717, 1.165) is 32.1 Å². The van der Waals surface area contributed by atoms with Crippen LogP contribution in [0.25, 0.3) is 0 Å². The number of allylic oxidation sites excluding steroid dienone is 4. The fourth-order valence-electron chi connectivity index (χ4n) is 13.2. The summed E-state index contributed by atoms with van der Waals surface area (Å²) in [5.74, 6) is -0.0193. The van der Waals surface area contributed by atoms with Gasteiger partial charge in [-0.05, 0) is 44.9 Å². The third kappa shape index (κ3) is 73.5. The van der Waals surface area contributed by atoms with Crippen molar-refractivity contribution in [2.75, 3.05) is 6.61 Å². The minimum Gasteiger partial charge on any atom is -0.394 e. The highest BCUT2D eigenvalue weighted by atomic mass is 16.3. The molecule has 0 fully saturated rings. The second-order valence-corrected chi connectivity index (χ2v) is 27.8. The van der Waals surface area contributed by atoms with Crippen molar-refractivity contribution in [2.45, 2.75) is 482 Å². The molecule has 0 rings (SSSR count). The molecule has 2 unspecified atom stereocenters. The normalized spacial score (nSPS) is 12.7. The quantitative estimate of drug-likeness (QED) is 0.0420.